The topological polar surface area (TPSA) is 40.5 Å². The molecule has 3 rings (SSSR count). The quantitative estimate of drug-likeness (QED) is 0.899. The van der Waals surface area contributed by atoms with Crippen LogP contribution in [-0.4, -0.2) is 34.6 Å². The number of amides is 1. The van der Waals surface area contributed by atoms with Crippen molar-refractivity contribution in [3.05, 3.63) is 35.9 Å². The normalized spacial score (nSPS) is 26.5. The van der Waals surface area contributed by atoms with Crippen LogP contribution in [0.3, 0.4) is 0 Å². The van der Waals surface area contributed by atoms with E-state index in [1.165, 1.54) is 18.4 Å². The van der Waals surface area contributed by atoms with Gasteiger partial charge in [0.15, 0.2) is 0 Å². The van der Waals surface area contributed by atoms with Crippen LogP contribution < -0.4 is 0 Å². The molecule has 1 saturated carbocycles. The number of hydrogen-bond donors (Lipinski definition) is 1. The van der Waals surface area contributed by atoms with E-state index in [0.717, 1.165) is 19.4 Å². The Bertz CT molecular complexity index is 550. The minimum absolute atomic E-state index is 0.0487. The maximum Gasteiger partial charge on any atom is 0.223 e. The van der Waals surface area contributed by atoms with Crippen LogP contribution >= 0.6 is 0 Å². The fourth-order valence-electron chi connectivity index (χ4n) is 4.54. The lowest BCUT2D eigenvalue weighted by Gasteiger charge is -2.44. The molecule has 1 aliphatic carbocycles. The Morgan fingerprint density at radius 2 is 1.91 bits per heavy atom. The van der Waals surface area contributed by atoms with Crippen LogP contribution in [-0.2, 0) is 4.79 Å². The average Bonchev–Trinajstić information content (AvgIpc) is 3.16. The number of aliphatic hydroxyl groups is 1. The molecule has 0 spiro atoms. The molecule has 1 N–H and O–H groups in total. The van der Waals surface area contributed by atoms with Crippen LogP contribution in [0.4, 0.5) is 0 Å². The van der Waals surface area contributed by atoms with Crippen molar-refractivity contribution < 1.29 is 9.90 Å². The van der Waals surface area contributed by atoms with Gasteiger partial charge in [-0.2, -0.15) is 0 Å². The number of carbonyl (C=O) groups excluding carboxylic acids is 1. The van der Waals surface area contributed by atoms with Crippen molar-refractivity contribution in [2.24, 2.45) is 5.41 Å². The molecule has 2 aliphatic rings. The third-order valence-corrected chi connectivity index (χ3v) is 6.35. The Hall–Kier alpha value is -1.35. The molecule has 1 aliphatic heterocycles. The Morgan fingerprint density at radius 1 is 1.26 bits per heavy atom. The maximum atomic E-state index is 12.5. The number of nitrogens with zero attached hydrogens (tertiary/aromatic N) is 1. The van der Waals surface area contributed by atoms with Crippen LogP contribution in [0.1, 0.15) is 63.9 Å². The average molecular weight is 315 g/mol. The van der Waals surface area contributed by atoms with Crippen LogP contribution in [0, 0.1) is 5.41 Å². The van der Waals surface area contributed by atoms with Crippen molar-refractivity contribution in [1.29, 1.82) is 0 Å². The highest BCUT2D eigenvalue weighted by Crippen LogP contribution is 2.48. The Labute approximate surface area is 139 Å². The lowest BCUT2D eigenvalue weighted by molar-refractivity contribution is -0.137. The van der Waals surface area contributed by atoms with Gasteiger partial charge in [-0.3, -0.25) is 4.79 Å². The number of carbonyl (C=O) groups is 1. The van der Waals surface area contributed by atoms with Gasteiger partial charge in [-0.1, -0.05) is 57.0 Å². The van der Waals surface area contributed by atoms with Crippen LogP contribution in [0.15, 0.2) is 30.3 Å². The standard InChI is InChI=1S/C20H29NO2/c1-3-20(23,19(2)11-7-8-12-19)15-21-14-17(13-18(21)22)16-9-5-4-6-10-16/h4-6,9-10,17,23H,3,7-8,11-15H2,1-2H3/t17-,20-/m1/s1. The van der Waals surface area contributed by atoms with Crippen molar-refractivity contribution in [3.63, 3.8) is 0 Å². The molecule has 23 heavy (non-hydrogen) atoms. The van der Waals surface area contributed by atoms with E-state index in [4.69, 9.17) is 0 Å². The number of rotatable bonds is 5. The monoisotopic (exact) mass is 315 g/mol. The van der Waals surface area contributed by atoms with E-state index in [9.17, 15) is 9.90 Å². The van der Waals surface area contributed by atoms with Crippen LogP contribution in [0.2, 0.25) is 0 Å². The second kappa shape index (κ2) is 6.27. The Balaban J connectivity index is 1.73. The first kappa shape index (κ1) is 16.5. The zero-order valence-electron chi connectivity index (χ0n) is 14.4. The lowest BCUT2D eigenvalue weighted by atomic mass is 9.70. The lowest BCUT2D eigenvalue weighted by Crippen LogP contribution is -2.53. The van der Waals surface area contributed by atoms with Gasteiger partial charge < -0.3 is 10.0 Å². The van der Waals surface area contributed by atoms with Gasteiger partial charge in [0.2, 0.25) is 5.91 Å². The molecule has 3 nitrogen and oxygen atoms in total. The fourth-order valence-corrected chi connectivity index (χ4v) is 4.54. The smallest absolute Gasteiger partial charge is 0.223 e. The summed E-state index contributed by atoms with van der Waals surface area (Å²) in [6.45, 7) is 5.49. The van der Waals surface area contributed by atoms with Crippen LogP contribution in [0.5, 0.6) is 0 Å². The molecular formula is C20H29NO2. The van der Waals surface area contributed by atoms with E-state index >= 15 is 0 Å². The minimum atomic E-state index is -0.759. The molecule has 2 atom stereocenters. The van der Waals surface area contributed by atoms with Crippen molar-refractivity contribution in [2.45, 2.75) is 63.9 Å². The second-order valence-electron chi connectivity index (χ2n) is 7.74. The first-order chi connectivity index (χ1) is 11.0. The maximum absolute atomic E-state index is 12.5. The molecule has 2 fully saturated rings. The van der Waals surface area contributed by atoms with E-state index in [1.807, 2.05) is 23.1 Å². The summed E-state index contributed by atoms with van der Waals surface area (Å²) in [4.78, 5) is 14.4. The molecule has 0 unspecified atom stereocenters. The molecule has 126 valence electrons. The van der Waals surface area contributed by atoms with E-state index in [0.29, 0.717) is 19.4 Å². The zero-order valence-corrected chi connectivity index (χ0v) is 14.4. The molecule has 1 aromatic carbocycles. The van der Waals surface area contributed by atoms with Gasteiger partial charge in [0.25, 0.3) is 0 Å². The third-order valence-electron chi connectivity index (χ3n) is 6.35. The molecule has 3 heteroatoms. The van der Waals surface area contributed by atoms with Gasteiger partial charge in [-0.05, 0) is 30.2 Å². The van der Waals surface area contributed by atoms with Crippen molar-refractivity contribution >= 4 is 5.91 Å². The molecule has 1 heterocycles. The molecule has 0 bridgehead atoms. The summed E-state index contributed by atoms with van der Waals surface area (Å²) in [7, 11) is 0. The predicted molar refractivity (Wildman–Crippen MR) is 92.2 cm³/mol. The molecular weight excluding hydrogens is 286 g/mol. The van der Waals surface area contributed by atoms with E-state index in [-0.39, 0.29) is 17.2 Å². The highest BCUT2D eigenvalue weighted by molar-refractivity contribution is 5.79. The fraction of sp³-hybridized carbons (Fsp3) is 0.650. The summed E-state index contributed by atoms with van der Waals surface area (Å²) in [6.07, 6.45) is 5.81. The number of benzene rings is 1. The molecule has 1 aromatic rings. The van der Waals surface area contributed by atoms with Gasteiger partial charge in [0.1, 0.15) is 0 Å². The summed E-state index contributed by atoms with van der Waals surface area (Å²) in [5.74, 6) is 0.452. The summed E-state index contributed by atoms with van der Waals surface area (Å²) in [6, 6.07) is 10.3. The highest BCUT2D eigenvalue weighted by Gasteiger charge is 2.49. The van der Waals surface area contributed by atoms with Gasteiger partial charge in [0, 0.05) is 25.4 Å². The number of likely N-dealkylation sites (tertiary alicyclic amines) is 1. The van der Waals surface area contributed by atoms with E-state index in [2.05, 4.69) is 26.0 Å². The third kappa shape index (κ3) is 3.03. The first-order valence-corrected chi connectivity index (χ1v) is 9.02. The summed E-state index contributed by atoms with van der Waals surface area (Å²) in [5.41, 5.74) is 0.424. The molecule has 0 radical (unpaired) electrons. The number of hydrogen-bond acceptors (Lipinski definition) is 2. The minimum Gasteiger partial charge on any atom is -0.387 e. The van der Waals surface area contributed by atoms with Crippen LogP contribution in [0.25, 0.3) is 0 Å². The zero-order chi connectivity index (χ0) is 16.5. The Kier molecular flexibility index (Phi) is 4.50. The summed E-state index contributed by atoms with van der Waals surface area (Å²) in [5, 5.41) is 11.3. The molecule has 0 aromatic heterocycles. The summed E-state index contributed by atoms with van der Waals surface area (Å²) < 4.78 is 0. The van der Waals surface area contributed by atoms with Crippen molar-refractivity contribution in [2.75, 3.05) is 13.1 Å². The predicted octanol–water partition coefficient (Wildman–Crippen LogP) is 3.72. The highest BCUT2D eigenvalue weighted by atomic mass is 16.3. The van der Waals surface area contributed by atoms with E-state index in [1.54, 1.807) is 0 Å². The largest absolute Gasteiger partial charge is 0.387 e. The van der Waals surface area contributed by atoms with Gasteiger partial charge in [-0.25, -0.2) is 0 Å². The van der Waals surface area contributed by atoms with Gasteiger partial charge in [0.05, 0.1) is 5.60 Å². The molecule has 1 amide bonds. The second-order valence-corrected chi connectivity index (χ2v) is 7.74. The summed E-state index contributed by atoms with van der Waals surface area (Å²) >= 11 is 0. The number of β-amino-alcohol motifs (C(OH)–C–C–N with tert-alkyl or cyclic N) is 1. The van der Waals surface area contributed by atoms with E-state index < -0.39 is 5.60 Å². The first-order valence-electron chi connectivity index (χ1n) is 9.02. The van der Waals surface area contributed by atoms with Gasteiger partial charge >= 0.3 is 0 Å². The Morgan fingerprint density at radius 3 is 2.52 bits per heavy atom. The van der Waals surface area contributed by atoms with Crippen molar-refractivity contribution in [1.82, 2.24) is 4.90 Å². The van der Waals surface area contributed by atoms with Crippen molar-refractivity contribution in [3.8, 4) is 0 Å². The van der Waals surface area contributed by atoms with Gasteiger partial charge in [-0.15, -0.1) is 0 Å². The molecule has 1 saturated heterocycles. The SMILES string of the molecule is CC[C@@](O)(CN1C[C@H](c2ccccc2)CC1=O)C1(C)CCCC1.